The molecule has 3 nitrogen and oxygen atoms in total. The summed E-state index contributed by atoms with van der Waals surface area (Å²) in [5, 5.41) is 3.45. The summed E-state index contributed by atoms with van der Waals surface area (Å²) in [4.78, 5) is 11.6. The lowest BCUT2D eigenvalue weighted by Gasteiger charge is -2.18. The predicted molar refractivity (Wildman–Crippen MR) is 83.8 cm³/mol. The van der Waals surface area contributed by atoms with Crippen molar-refractivity contribution in [1.29, 1.82) is 0 Å². The van der Waals surface area contributed by atoms with Crippen molar-refractivity contribution in [2.75, 3.05) is 7.11 Å². The molecule has 0 amide bonds. The third kappa shape index (κ3) is 5.40. The number of esters is 1. The molecular formula is C18H21NO2. The lowest BCUT2D eigenvalue weighted by molar-refractivity contribution is -0.141. The molecule has 0 saturated carbocycles. The average molecular weight is 283 g/mol. The summed E-state index contributed by atoms with van der Waals surface area (Å²) in [6.07, 6.45) is 1.18. The molecule has 0 radical (unpaired) electrons. The van der Waals surface area contributed by atoms with Crippen LogP contribution in [0.1, 0.15) is 17.5 Å². The van der Waals surface area contributed by atoms with Crippen LogP contribution in [0, 0.1) is 0 Å². The zero-order chi connectivity index (χ0) is 14.9. The van der Waals surface area contributed by atoms with E-state index >= 15 is 0 Å². The molecule has 2 aromatic rings. The molecule has 2 aromatic carbocycles. The van der Waals surface area contributed by atoms with Crippen LogP contribution in [0.4, 0.5) is 0 Å². The van der Waals surface area contributed by atoms with Crippen molar-refractivity contribution >= 4 is 5.97 Å². The molecule has 110 valence electrons. The molecule has 1 atom stereocenters. The SMILES string of the molecule is COC(=O)C[C@H](Cc1ccccc1)NCc1ccccc1. The topological polar surface area (TPSA) is 38.3 Å². The van der Waals surface area contributed by atoms with Crippen LogP contribution in [0.5, 0.6) is 0 Å². The summed E-state index contributed by atoms with van der Waals surface area (Å²) in [5.74, 6) is -0.184. The van der Waals surface area contributed by atoms with Gasteiger partial charge in [0.1, 0.15) is 0 Å². The van der Waals surface area contributed by atoms with E-state index in [-0.39, 0.29) is 12.0 Å². The van der Waals surface area contributed by atoms with Crippen LogP contribution in [0.25, 0.3) is 0 Å². The molecular weight excluding hydrogens is 262 g/mol. The number of hydrogen-bond donors (Lipinski definition) is 1. The maximum atomic E-state index is 11.6. The van der Waals surface area contributed by atoms with E-state index in [1.165, 1.54) is 18.2 Å². The van der Waals surface area contributed by atoms with E-state index in [2.05, 4.69) is 29.6 Å². The van der Waals surface area contributed by atoms with Gasteiger partial charge in [-0.1, -0.05) is 60.7 Å². The summed E-state index contributed by atoms with van der Waals surface area (Å²) in [6, 6.07) is 20.4. The van der Waals surface area contributed by atoms with Gasteiger partial charge in [0.2, 0.25) is 0 Å². The van der Waals surface area contributed by atoms with E-state index in [4.69, 9.17) is 4.74 Å². The zero-order valence-electron chi connectivity index (χ0n) is 12.3. The number of nitrogens with one attached hydrogen (secondary N) is 1. The molecule has 0 aliphatic carbocycles. The maximum Gasteiger partial charge on any atom is 0.307 e. The van der Waals surface area contributed by atoms with Gasteiger partial charge < -0.3 is 10.1 Å². The van der Waals surface area contributed by atoms with Gasteiger partial charge in [-0.3, -0.25) is 4.79 Å². The van der Waals surface area contributed by atoms with Gasteiger partial charge >= 0.3 is 5.97 Å². The molecule has 0 bridgehead atoms. The molecule has 0 aromatic heterocycles. The van der Waals surface area contributed by atoms with E-state index in [1.807, 2.05) is 36.4 Å². The second-order valence-corrected chi connectivity index (χ2v) is 5.03. The molecule has 2 rings (SSSR count). The van der Waals surface area contributed by atoms with Crippen LogP contribution >= 0.6 is 0 Å². The Kier molecular flexibility index (Phi) is 5.98. The largest absolute Gasteiger partial charge is 0.469 e. The van der Waals surface area contributed by atoms with E-state index < -0.39 is 0 Å². The molecule has 0 saturated heterocycles. The summed E-state index contributed by atoms with van der Waals surface area (Å²) in [6.45, 7) is 0.745. The molecule has 0 heterocycles. The van der Waals surface area contributed by atoms with Gasteiger partial charge in [-0.25, -0.2) is 0 Å². The Labute approximate surface area is 126 Å². The van der Waals surface area contributed by atoms with Crippen molar-refractivity contribution in [3.63, 3.8) is 0 Å². The fourth-order valence-corrected chi connectivity index (χ4v) is 2.26. The van der Waals surface area contributed by atoms with Gasteiger partial charge in [0.05, 0.1) is 13.5 Å². The number of hydrogen-bond acceptors (Lipinski definition) is 3. The van der Waals surface area contributed by atoms with Gasteiger partial charge in [0, 0.05) is 12.6 Å². The monoisotopic (exact) mass is 283 g/mol. The Morgan fingerprint density at radius 1 is 1.00 bits per heavy atom. The number of rotatable bonds is 7. The number of carbonyl (C=O) groups excluding carboxylic acids is 1. The fourth-order valence-electron chi connectivity index (χ4n) is 2.26. The second kappa shape index (κ2) is 8.22. The first-order valence-corrected chi connectivity index (χ1v) is 7.16. The van der Waals surface area contributed by atoms with Crippen LogP contribution in [-0.4, -0.2) is 19.1 Å². The second-order valence-electron chi connectivity index (χ2n) is 5.03. The van der Waals surface area contributed by atoms with E-state index in [0.29, 0.717) is 6.42 Å². The first-order valence-electron chi connectivity index (χ1n) is 7.16. The Bertz CT molecular complexity index is 540. The number of methoxy groups -OCH3 is 1. The quantitative estimate of drug-likeness (QED) is 0.794. The smallest absolute Gasteiger partial charge is 0.307 e. The van der Waals surface area contributed by atoms with E-state index in [0.717, 1.165) is 13.0 Å². The van der Waals surface area contributed by atoms with Crippen LogP contribution < -0.4 is 5.32 Å². The van der Waals surface area contributed by atoms with Crippen LogP contribution in [-0.2, 0) is 22.5 Å². The molecule has 0 aliphatic rings. The summed E-state index contributed by atoms with van der Waals surface area (Å²) in [7, 11) is 1.43. The van der Waals surface area contributed by atoms with Crippen LogP contribution in [0.15, 0.2) is 60.7 Å². The van der Waals surface area contributed by atoms with Crippen LogP contribution in [0.3, 0.4) is 0 Å². The molecule has 0 unspecified atom stereocenters. The first kappa shape index (κ1) is 15.3. The maximum absolute atomic E-state index is 11.6. The van der Waals surface area contributed by atoms with Gasteiger partial charge in [-0.05, 0) is 17.5 Å². The fraction of sp³-hybridized carbons (Fsp3) is 0.278. The molecule has 0 aliphatic heterocycles. The highest BCUT2D eigenvalue weighted by molar-refractivity contribution is 5.70. The highest BCUT2D eigenvalue weighted by Crippen LogP contribution is 2.08. The minimum absolute atomic E-state index is 0.0695. The number of ether oxygens (including phenoxy) is 1. The van der Waals surface area contributed by atoms with E-state index in [1.54, 1.807) is 0 Å². The third-order valence-corrected chi connectivity index (χ3v) is 3.40. The Hall–Kier alpha value is -2.13. The van der Waals surface area contributed by atoms with Gasteiger partial charge in [0.15, 0.2) is 0 Å². The normalized spacial score (nSPS) is 11.9. The third-order valence-electron chi connectivity index (χ3n) is 3.40. The summed E-state index contributed by atoms with van der Waals surface area (Å²) >= 11 is 0. The van der Waals surface area contributed by atoms with Crippen molar-refractivity contribution in [3.8, 4) is 0 Å². The van der Waals surface area contributed by atoms with Crippen molar-refractivity contribution < 1.29 is 9.53 Å². The summed E-state index contributed by atoms with van der Waals surface area (Å²) < 4.78 is 4.79. The predicted octanol–water partition coefficient (Wildman–Crippen LogP) is 2.95. The minimum Gasteiger partial charge on any atom is -0.469 e. The number of carbonyl (C=O) groups is 1. The molecule has 21 heavy (non-hydrogen) atoms. The van der Waals surface area contributed by atoms with Crippen molar-refractivity contribution in [2.45, 2.75) is 25.4 Å². The standard InChI is InChI=1S/C18H21NO2/c1-21-18(20)13-17(12-15-8-4-2-5-9-15)19-14-16-10-6-3-7-11-16/h2-11,17,19H,12-14H2,1H3/t17-/m0/s1. The lowest BCUT2D eigenvalue weighted by Crippen LogP contribution is -2.33. The highest BCUT2D eigenvalue weighted by atomic mass is 16.5. The van der Waals surface area contributed by atoms with Gasteiger partial charge in [-0.2, -0.15) is 0 Å². The zero-order valence-corrected chi connectivity index (χ0v) is 12.3. The lowest BCUT2D eigenvalue weighted by atomic mass is 10.0. The molecule has 0 spiro atoms. The van der Waals surface area contributed by atoms with Crippen molar-refractivity contribution in [3.05, 3.63) is 71.8 Å². The molecule has 1 N–H and O–H groups in total. The first-order chi connectivity index (χ1) is 10.3. The van der Waals surface area contributed by atoms with Crippen LogP contribution in [0.2, 0.25) is 0 Å². The Morgan fingerprint density at radius 2 is 1.57 bits per heavy atom. The van der Waals surface area contributed by atoms with Crippen molar-refractivity contribution in [2.24, 2.45) is 0 Å². The highest BCUT2D eigenvalue weighted by Gasteiger charge is 2.14. The summed E-state index contributed by atoms with van der Waals surface area (Å²) in [5.41, 5.74) is 2.42. The molecule has 0 fully saturated rings. The Morgan fingerprint density at radius 3 is 2.14 bits per heavy atom. The van der Waals surface area contributed by atoms with Gasteiger partial charge in [-0.15, -0.1) is 0 Å². The van der Waals surface area contributed by atoms with Crippen molar-refractivity contribution in [1.82, 2.24) is 5.32 Å². The van der Waals surface area contributed by atoms with Gasteiger partial charge in [0.25, 0.3) is 0 Å². The number of benzene rings is 2. The van der Waals surface area contributed by atoms with E-state index in [9.17, 15) is 4.79 Å². The minimum atomic E-state index is -0.184. The Balaban J connectivity index is 1.96. The average Bonchev–Trinajstić information content (AvgIpc) is 2.54. The molecule has 3 heteroatoms.